The van der Waals surface area contributed by atoms with E-state index < -0.39 is 6.04 Å². The van der Waals surface area contributed by atoms with Crippen LogP contribution in [-0.2, 0) is 4.79 Å². The molecule has 5 heteroatoms. The Morgan fingerprint density at radius 1 is 0.903 bits per heavy atom. The molecule has 1 N–H and O–H groups in total. The summed E-state index contributed by atoms with van der Waals surface area (Å²) in [5.41, 5.74) is 4.56. The molecule has 0 aromatic heterocycles. The van der Waals surface area contributed by atoms with Gasteiger partial charge in [0.25, 0.3) is 5.91 Å². The SMILES string of the molecule is O=C1CCCC2=C1[C@@H](c1ccc(Cl)cc1)N(C(=O)c1ccccc1)c1ccccc1N2. The number of fused-ring (bicyclic) bond motifs is 1. The van der Waals surface area contributed by atoms with Crippen LogP contribution in [0.25, 0.3) is 0 Å². The third-order valence-electron chi connectivity index (χ3n) is 5.86. The monoisotopic (exact) mass is 428 g/mol. The van der Waals surface area contributed by atoms with E-state index in [0.29, 0.717) is 22.6 Å². The van der Waals surface area contributed by atoms with Crippen LogP contribution in [0, 0.1) is 0 Å². The molecular formula is C26H21ClN2O2. The van der Waals surface area contributed by atoms with Crippen LogP contribution in [0.15, 0.2) is 90.1 Å². The Balaban J connectivity index is 1.78. The highest BCUT2D eigenvalue weighted by atomic mass is 35.5. The smallest absolute Gasteiger partial charge is 0.259 e. The Kier molecular flexibility index (Phi) is 5.08. The van der Waals surface area contributed by atoms with Crippen molar-refractivity contribution in [1.29, 1.82) is 0 Å². The minimum absolute atomic E-state index is 0.0763. The van der Waals surface area contributed by atoms with Gasteiger partial charge in [0.1, 0.15) is 0 Å². The number of halogens is 1. The van der Waals surface area contributed by atoms with Gasteiger partial charge < -0.3 is 5.32 Å². The van der Waals surface area contributed by atoms with Gasteiger partial charge >= 0.3 is 0 Å². The zero-order valence-electron chi connectivity index (χ0n) is 16.8. The van der Waals surface area contributed by atoms with E-state index in [1.165, 1.54) is 0 Å². The molecule has 0 saturated heterocycles. The van der Waals surface area contributed by atoms with Crippen LogP contribution >= 0.6 is 11.6 Å². The number of carbonyl (C=O) groups excluding carboxylic acids is 2. The van der Waals surface area contributed by atoms with Crippen molar-refractivity contribution in [2.45, 2.75) is 25.3 Å². The molecule has 0 saturated carbocycles. The highest BCUT2D eigenvalue weighted by molar-refractivity contribution is 6.30. The number of allylic oxidation sites excluding steroid dienone is 1. The molecule has 5 rings (SSSR count). The fourth-order valence-corrected chi connectivity index (χ4v) is 4.56. The minimum atomic E-state index is -0.538. The number of ketones is 1. The summed E-state index contributed by atoms with van der Waals surface area (Å²) in [6.07, 6.45) is 2.05. The van der Waals surface area contributed by atoms with Gasteiger partial charge in [-0.05, 0) is 54.8 Å². The topological polar surface area (TPSA) is 49.4 Å². The van der Waals surface area contributed by atoms with Gasteiger partial charge in [0.15, 0.2) is 5.78 Å². The number of hydrogen-bond acceptors (Lipinski definition) is 3. The predicted molar refractivity (Wildman–Crippen MR) is 123 cm³/mol. The summed E-state index contributed by atoms with van der Waals surface area (Å²) in [5.74, 6) is -0.0747. The number of Topliss-reactive ketones (excluding diaryl/α,β-unsaturated/α-hetero) is 1. The summed E-state index contributed by atoms with van der Waals surface area (Å²) in [7, 11) is 0. The fourth-order valence-electron chi connectivity index (χ4n) is 4.44. The second-order valence-electron chi connectivity index (χ2n) is 7.81. The molecule has 3 aromatic rings. The van der Waals surface area contributed by atoms with Gasteiger partial charge in [-0.2, -0.15) is 0 Å². The third-order valence-corrected chi connectivity index (χ3v) is 6.11. The molecule has 3 aromatic carbocycles. The molecule has 4 nitrogen and oxygen atoms in total. The van der Waals surface area contributed by atoms with Crippen molar-refractivity contribution in [2.24, 2.45) is 0 Å². The Morgan fingerprint density at radius 2 is 1.61 bits per heavy atom. The highest BCUT2D eigenvalue weighted by Gasteiger charge is 2.39. The van der Waals surface area contributed by atoms with Gasteiger partial charge in [0.05, 0.1) is 17.4 Å². The normalized spacial score (nSPS) is 18.0. The van der Waals surface area contributed by atoms with Crippen molar-refractivity contribution in [3.05, 3.63) is 106 Å². The van der Waals surface area contributed by atoms with Gasteiger partial charge in [-0.15, -0.1) is 0 Å². The average molecular weight is 429 g/mol. The lowest BCUT2D eigenvalue weighted by Crippen LogP contribution is -2.38. The number of nitrogens with zero attached hydrogens (tertiary/aromatic N) is 1. The third kappa shape index (κ3) is 3.53. The van der Waals surface area contributed by atoms with Crippen LogP contribution in [0.3, 0.4) is 0 Å². The summed E-state index contributed by atoms with van der Waals surface area (Å²) in [4.78, 5) is 28.9. The van der Waals surface area contributed by atoms with Crippen LogP contribution in [0.2, 0.25) is 5.02 Å². The molecule has 1 aliphatic carbocycles. The minimum Gasteiger partial charge on any atom is -0.357 e. The molecule has 0 bridgehead atoms. The predicted octanol–water partition coefficient (Wildman–Crippen LogP) is 6.16. The quantitative estimate of drug-likeness (QED) is 0.531. The fraction of sp³-hybridized carbons (Fsp3) is 0.154. The summed E-state index contributed by atoms with van der Waals surface area (Å²) < 4.78 is 0. The van der Waals surface area contributed by atoms with Crippen LogP contribution in [0.1, 0.15) is 41.2 Å². The maximum atomic E-state index is 13.9. The molecule has 2 aliphatic rings. The lowest BCUT2D eigenvalue weighted by Gasteiger charge is -2.34. The standard InChI is InChI=1S/C26H21ClN2O2/c27-19-15-13-17(14-16-19)25-24-21(10-6-12-23(24)30)28-20-9-4-5-11-22(20)29(25)26(31)18-7-2-1-3-8-18/h1-5,7-9,11,13-16,25,28H,6,10,12H2/t25-/m1/s1. The second kappa shape index (κ2) is 8.05. The van der Waals surface area contributed by atoms with Crippen LogP contribution < -0.4 is 10.2 Å². The molecule has 31 heavy (non-hydrogen) atoms. The van der Waals surface area contributed by atoms with Crippen molar-refractivity contribution < 1.29 is 9.59 Å². The van der Waals surface area contributed by atoms with E-state index in [0.717, 1.165) is 35.5 Å². The van der Waals surface area contributed by atoms with Crippen LogP contribution in [0.5, 0.6) is 0 Å². The first kappa shape index (κ1) is 19.6. The lowest BCUT2D eigenvalue weighted by molar-refractivity contribution is -0.116. The molecule has 1 amide bonds. The van der Waals surface area contributed by atoms with E-state index in [4.69, 9.17) is 11.6 Å². The molecule has 1 heterocycles. The van der Waals surface area contributed by atoms with E-state index in [1.807, 2.05) is 54.6 Å². The zero-order chi connectivity index (χ0) is 21.4. The number of hydrogen-bond donors (Lipinski definition) is 1. The number of para-hydroxylation sites is 2. The first-order valence-corrected chi connectivity index (χ1v) is 10.8. The molecule has 1 aliphatic heterocycles. The van der Waals surface area contributed by atoms with Gasteiger partial charge in [0.2, 0.25) is 0 Å². The van der Waals surface area contributed by atoms with Crippen molar-refractivity contribution in [2.75, 3.05) is 10.2 Å². The van der Waals surface area contributed by atoms with Crippen molar-refractivity contribution in [3.63, 3.8) is 0 Å². The van der Waals surface area contributed by atoms with Gasteiger partial charge in [-0.25, -0.2) is 0 Å². The first-order chi connectivity index (χ1) is 15.1. The summed E-state index contributed by atoms with van der Waals surface area (Å²) in [6, 6.07) is 23.8. The van der Waals surface area contributed by atoms with E-state index >= 15 is 0 Å². The Morgan fingerprint density at radius 3 is 2.39 bits per heavy atom. The van der Waals surface area contributed by atoms with Crippen molar-refractivity contribution >= 4 is 34.7 Å². The van der Waals surface area contributed by atoms with Crippen molar-refractivity contribution in [1.82, 2.24) is 0 Å². The van der Waals surface area contributed by atoms with E-state index in [-0.39, 0.29) is 11.7 Å². The summed E-state index contributed by atoms with van der Waals surface area (Å²) >= 11 is 6.15. The largest absolute Gasteiger partial charge is 0.357 e. The summed E-state index contributed by atoms with van der Waals surface area (Å²) in [6.45, 7) is 0. The Bertz CT molecular complexity index is 1190. The molecule has 0 fully saturated rings. The highest BCUT2D eigenvalue weighted by Crippen LogP contribution is 2.45. The number of nitrogens with one attached hydrogen (secondary N) is 1. The molecule has 0 spiro atoms. The number of carbonyl (C=O) groups is 2. The van der Waals surface area contributed by atoms with Gasteiger partial charge in [-0.3, -0.25) is 14.5 Å². The van der Waals surface area contributed by atoms with Gasteiger partial charge in [0, 0.05) is 28.3 Å². The molecule has 0 unspecified atom stereocenters. The maximum Gasteiger partial charge on any atom is 0.259 e. The van der Waals surface area contributed by atoms with E-state index in [9.17, 15) is 9.59 Å². The average Bonchev–Trinajstić information content (AvgIpc) is 2.95. The van der Waals surface area contributed by atoms with Crippen molar-refractivity contribution in [3.8, 4) is 0 Å². The molecule has 0 radical (unpaired) electrons. The van der Waals surface area contributed by atoms with E-state index in [1.54, 1.807) is 29.2 Å². The maximum absolute atomic E-state index is 13.9. The van der Waals surface area contributed by atoms with Crippen LogP contribution in [0.4, 0.5) is 11.4 Å². The van der Waals surface area contributed by atoms with Gasteiger partial charge in [-0.1, -0.05) is 54.1 Å². The number of rotatable bonds is 2. The Hall–Kier alpha value is -3.37. The molecular weight excluding hydrogens is 408 g/mol. The lowest BCUT2D eigenvalue weighted by atomic mass is 9.85. The molecule has 154 valence electrons. The molecule has 1 atom stereocenters. The first-order valence-electron chi connectivity index (χ1n) is 10.4. The number of benzene rings is 3. The number of amides is 1. The van der Waals surface area contributed by atoms with E-state index in [2.05, 4.69) is 5.32 Å². The Labute approximate surface area is 186 Å². The number of anilines is 2. The van der Waals surface area contributed by atoms with Crippen LogP contribution in [-0.4, -0.2) is 11.7 Å². The second-order valence-corrected chi connectivity index (χ2v) is 8.24. The summed E-state index contributed by atoms with van der Waals surface area (Å²) in [5, 5.41) is 4.09. The zero-order valence-corrected chi connectivity index (χ0v) is 17.6.